The molecule has 1 aromatic heterocycles. The Balaban J connectivity index is 1.74. The van der Waals surface area contributed by atoms with Crippen LogP contribution in [0.15, 0.2) is 64.8 Å². The molecule has 0 saturated heterocycles. The van der Waals surface area contributed by atoms with E-state index in [0.29, 0.717) is 47.3 Å². The highest BCUT2D eigenvalue weighted by molar-refractivity contribution is 5.57. The first-order valence-electron chi connectivity index (χ1n) is 10.7. The number of aromatic amines is 1. The van der Waals surface area contributed by atoms with Crippen LogP contribution in [0.1, 0.15) is 40.8 Å². The highest BCUT2D eigenvalue weighted by Crippen LogP contribution is 2.42. The Morgan fingerprint density at radius 1 is 1.09 bits per heavy atom. The number of nitrogens with zero attached hydrogens (tertiary/aromatic N) is 1. The van der Waals surface area contributed by atoms with E-state index in [9.17, 15) is 10.1 Å². The number of aromatic nitrogens is 1. The van der Waals surface area contributed by atoms with E-state index in [1.165, 1.54) is 5.56 Å². The van der Waals surface area contributed by atoms with Crippen LogP contribution in [0.25, 0.3) is 0 Å². The fourth-order valence-electron chi connectivity index (χ4n) is 3.88. The van der Waals surface area contributed by atoms with Gasteiger partial charge in [0.1, 0.15) is 24.0 Å². The van der Waals surface area contributed by atoms with Gasteiger partial charge in [-0.3, -0.25) is 4.79 Å². The molecule has 1 atom stereocenters. The molecule has 0 amide bonds. The predicted molar refractivity (Wildman–Crippen MR) is 124 cm³/mol. The van der Waals surface area contributed by atoms with E-state index in [1.807, 2.05) is 44.2 Å². The summed E-state index contributed by atoms with van der Waals surface area (Å²) in [5.41, 5.74) is 9.77. The molecule has 33 heavy (non-hydrogen) atoms. The molecule has 7 heteroatoms. The van der Waals surface area contributed by atoms with Crippen molar-refractivity contribution in [2.24, 2.45) is 5.73 Å². The van der Waals surface area contributed by atoms with E-state index >= 15 is 0 Å². The van der Waals surface area contributed by atoms with Gasteiger partial charge in [-0.1, -0.05) is 35.9 Å². The predicted octanol–water partition coefficient (Wildman–Crippen LogP) is 4.19. The van der Waals surface area contributed by atoms with Crippen molar-refractivity contribution in [1.82, 2.24) is 4.98 Å². The fraction of sp³-hybridized carbons (Fsp3) is 0.231. The number of allylic oxidation sites excluding steroid dienone is 1. The Labute approximate surface area is 192 Å². The van der Waals surface area contributed by atoms with Gasteiger partial charge >= 0.3 is 0 Å². The fourth-order valence-corrected chi connectivity index (χ4v) is 3.88. The highest BCUT2D eigenvalue weighted by atomic mass is 16.5. The summed E-state index contributed by atoms with van der Waals surface area (Å²) < 4.78 is 17.5. The van der Waals surface area contributed by atoms with Crippen molar-refractivity contribution in [1.29, 1.82) is 5.26 Å². The van der Waals surface area contributed by atoms with E-state index in [-0.39, 0.29) is 17.0 Å². The molecule has 3 aromatic rings. The minimum absolute atomic E-state index is 0.0161. The molecule has 3 N–H and O–H groups in total. The van der Waals surface area contributed by atoms with Gasteiger partial charge in [0.15, 0.2) is 11.5 Å². The topological polar surface area (TPSA) is 110 Å². The van der Waals surface area contributed by atoms with Crippen molar-refractivity contribution in [3.05, 3.63) is 98.3 Å². The Morgan fingerprint density at radius 3 is 2.55 bits per heavy atom. The van der Waals surface area contributed by atoms with Crippen molar-refractivity contribution in [2.75, 3.05) is 6.61 Å². The third kappa shape index (κ3) is 4.41. The number of fused-ring (bicyclic) bond motifs is 1. The first kappa shape index (κ1) is 22.0. The molecule has 2 aromatic carbocycles. The summed E-state index contributed by atoms with van der Waals surface area (Å²) >= 11 is 0. The largest absolute Gasteiger partial charge is 0.490 e. The van der Waals surface area contributed by atoms with E-state index in [1.54, 1.807) is 25.1 Å². The van der Waals surface area contributed by atoms with E-state index < -0.39 is 5.92 Å². The van der Waals surface area contributed by atoms with Crippen molar-refractivity contribution >= 4 is 0 Å². The number of hydrogen-bond donors (Lipinski definition) is 2. The molecule has 7 nitrogen and oxygen atoms in total. The molecule has 1 aliphatic rings. The number of benzene rings is 2. The molecular formula is C26H25N3O4. The lowest BCUT2D eigenvalue weighted by molar-refractivity contribution is 0.269. The van der Waals surface area contributed by atoms with Crippen LogP contribution in [0.3, 0.4) is 0 Å². The number of rotatable bonds is 6. The van der Waals surface area contributed by atoms with Crippen molar-refractivity contribution < 1.29 is 14.2 Å². The summed E-state index contributed by atoms with van der Waals surface area (Å²) in [5, 5.41) is 9.79. The average Bonchev–Trinajstić information content (AvgIpc) is 2.78. The van der Waals surface area contributed by atoms with Gasteiger partial charge in [0.05, 0.1) is 18.1 Å². The second kappa shape index (κ2) is 9.13. The van der Waals surface area contributed by atoms with Crippen LogP contribution in [-0.4, -0.2) is 11.6 Å². The van der Waals surface area contributed by atoms with E-state index in [4.69, 9.17) is 19.9 Å². The lowest BCUT2D eigenvalue weighted by Crippen LogP contribution is -2.28. The lowest BCUT2D eigenvalue weighted by Gasteiger charge is -2.26. The zero-order chi connectivity index (χ0) is 23.5. The van der Waals surface area contributed by atoms with Crippen LogP contribution in [-0.2, 0) is 6.61 Å². The summed E-state index contributed by atoms with van der Waals surface area (Å²) in [6.45, 7) is 6.49. The SMILES string of the molecule is CCOc1cc(C2C(C#N)=C(N)Oc3cc(C)[nH]c(=O)c32)ccc1OCc1ccc(C)cc1. The molecule has 0 saturated carbocycles. The molecule has 168 valence electrons. The Hall–Kier alpha value is -4.18. The summed E-state index contributed by atoms with van der Waals surface area (Å²) in [5.74, 6) is 0.734. The molecule has 0 spiro atoms. The van der Waals surface area contributed by atoms with E-state index in [0.717, 1.165) is 5.56 Å². The first-order valence-corrected chi connectivity index (χ1v) is 10.7. The van der Waals surface area contributed by atoms with Crippen LogP contribution in [0.4, 0.5) is 0 Å². The number of nitrogens with one attached hydrogen (secondary N) is 1. The van der Waals surface area contributed by atoms with Crippen molar-refractivity contribution in [3.63, 3.8) is 0 Å². The van der Waals surface area contributed by atoms with Crippen LogP contribution in [0.5, 0.6) is 17.2 Å². The third-order valence-electron chi connectivity index (χ3n) is 5.47. The third-order valence-corrected chi connectivity index (χ3v) is 5.47. The number of nitrogens with two attached hydrogens (primary N) is 1. The Bertz CT molecular complexity index is 1320. The highest BCUT2D eigenvalue weighted by Gasteiger charge is 2.34. The van der Waals surface area contributed by atoms with Crippen LogP contribution in [0, 0.1) is 25.2 Å². The van der Waals surface area contributed by atoms with Gasteiger partial charge in [-0.25, -0.2) is 0 Å². The molecular weight excluding hydrogens is 418 g/mol. The van der Waals surface area contributed by atoms with Gasteiger partial charge in [0.2, 0.25) is 5.88 Å². The minimum Gasteiger partial charge on any atom is -0.490 e. The monoisotopic (exact) mass is 443 g/mol. The van der Waals surface area contributed by atoms with Gasteiger partial charge in [0, 0.05) is 11.8 Å². The second-order valence-corrected chi connectivity index (χ2v) is 7.90. The van der Waals surface area contributed by atoms with Gasteiger partial charge in [-0.15, -0.1) is 0 Å². The number of aryl methyl sites for hydroxylation is 2. The molecule has 0 aliphatic carbocycles. The molecule has 0 bridgehead atoms. The zero-order valence-corrected chi connectivity index (χ0v) is 18.8. The summed E-state index contributed by atoms with van der Waals surface area (Å²) in [4.78, 5) is 15.6. The maximum absolute atomic E-state index is 12.8. The number of pyridine rings is 1. The summed E-state index contributed by atoms with van der Waals surface area (Å²) in [6.07, 6.45) is 0. The summed E-state index contributed by atoms with van der Waals surface area (Å²) in [7, 11) is 0. The van der Waals surface area contributed by atoms with Crippen LogP contribution < -0.4 is 25.5 Å². The number of ether oxygens (including phenoxy) is 3. The molecule has 0 fully saturated rings. The maximum Gasteiger partial charge on any atom is 0.256 e. The van der Waals surface area contributed by atoms with Gasteiger partial charge in [-0.05, 0) is 44.0 Å². The Kier molecular flexibility index (Phi) is 6.09. The number of hydrogen-bond acceptors (Lipinski definition) is 6. The van der Waals surface area contributed by atoms with Gasteiger partial charge < -0.3 is 24.9 Å². The smallest absolute Gasteiger partial charge is 0.256 e. The molecule has 1 aliphatic heterocycles. The van der Waals surface area contributed by atoms with Crippen molar-refractivity contribution in [3.8, 4) is 23.3 Å². The Morgan fingerprint density at radius 2 is 1.85 bits per heavy atom. The van der Waals surface area contributed by atoms with Gasteiger partial charge in [-0.2, -0.15) is 5.26 Å². The lowest BCUT2D eigenvalue weighted by atomic mass is 9.84. The number of H-pyrrole nitrogens is 1. The van der Waals surface area contributed by atoms with Gasteiger partial charge in [0.25, 0.3) is 5.56 Å². The first-order chi connectivity index (χ1) is 15.9. The summed E-state index contributed by atoms with van der Waals surface area (Å²) in [6, 6.07) is 17.3. The average molecular weight is 444 g/mol. The standard InChI is InChI=1S/C26H25N3O4/c1-4-31-21-12-18(9-10-20(21)32-14-17-7-5-15(2)6-8-17)23-19(13-27)25(28)33-22-11-16(3)29-26(30)24(22)23/h5-12,23H,4,14,28H2,1-3H3,(H,29,30). The number of nitriles is 1. The molecule has 1 unspecified atom stereocenters. The van der Waals surface area contributed by atoms with Crippen LogP contribution >= 0.6 is 0 Å². The zero-order valence-electron chi connectivity index (χ0n) is 18.8. The molecule has 4 rings (SSSR count). The van der Waals surface area contributed by atoms with Crippen molar-refractivity contribution in [2.45, 2.75) is 33.3 Å². The maximum atomic E-state index is 12.8. The minimum atomic E-state index is -0.687. The quantitative estimate of drug-likeness (QED) is 0.591. The second-order valence-electron chi connectivity index (χ2n) is 7.90. The van der Waals surface area contributed by atoms with Crippen LogP contribution in [0.2, 0.25) is 0 Å². The normalized spacial score (nSPS) is 14.8. The molecule has 0 radical (unpaired) electrons. The molecule has 2 heterocycles. The van der Waals surface area contributed by atoms with E-state index in [2.05, 4.69) is 11.1 Å².